The van der Waals surface area contributed by atoms with Crippen LogP contribution in [0.3, 0.4) is 0 Å². The van der Waals surface area contributed by atoms with Crippen LogP contribution in [-0.4, -0.2) is 43.7 Å². The number of carbonyl (C=O) groups is 2. The van der Waals surface area contributed by atoms with Gasteiger partial charge in [-0.1, -0.05) is 0 Å². The van der Waals surface area contributed by atoms with Crippen LogP contribution in [0.4, 0.5) is 0 Å². The molecule has 0 heterocycles. The fourth-order valence-electron chi connectivity index (χ4n) is 2.45. The van der Waals surface area contributed by atoms with Gasteiger partial charge in [0.25, 0.3) is 0 Å². The zero-order valence-electron chi connectivity index (χ0n) is 11.0. The third-order valence-corrected chi connectivity index (χ3v) is 3.68. The van der Waals surface area contributed by atoms with Crippen molar-refractivity contribution in [3.8, 4) is 0 Å². The molecule has 1 atom stereocenters. The largest absolute Gasteiger partial charge is 0.481 e. The molecule has 0 radical (unpaired) electrons. The lowest BCUT2D eigenvalue weighted by Crippen LogP contribution is -2.36. The SMILES string of the molecule is COC1(OC)CCC(CCOC(C)=O)(C(=O)O)C1. The summed E-state index contributed by atoms with van der Waals surface area (Å²) >= 11 is 0. The fourth-order valence-corrected chi connectivity index (χ4v) is 2.45. The molecule has 0 spiro atoms. The topological polar surface area (TPSA) is 82.1 Å². The Balaban J connectivity index is 2.72. The highest BCUT2D eigenvalue weighted by Gasteiger charge is 2.53. The minimum Gasteiger partial charge on any atom is -0.481 e. The van der Waals surface area contributed by atoms with Crippen molar-refractivity contribution in [2.75, 3.05) is 20.8 Å². The number of rotatable bonds is 6. The van der Waals surface area contributed by atoms with E-state index in [1.807, 2.05) is 0 Å². The summed E-state index contributed by atoms with van der Waals surface area (Å²) in [6, 6.07) is 0. The molecule has 0 bridgehead atoms. The Labute approximate surface area is 106 Å². The van der Waals surface area contributed by atoms with Crippen molar-refractivity contribution in [3.63, 3.8) is 0 Å². The predicted octanol–water partition coefficient (Wildman–Crippen LogP) is 1.18. The van der Waals surface area contributed by atoms with Gasteiger partial charge >= 0.3 is 11.9 Å². The molecule has 1 aliphatic rings. The van der Waals surface area contributed by atoms with Crippen molar-refractivity contribution in [1.82, 2.24) is 0 Å². The van der Waals surface area contributed by atoms with Crippen molar-refractivity contribution in [2.24, 2.45) is 5.41 Å². The molecule has 6 nitrogen and oxygen atoms in total. The molecular weight excluding hydrogens is 240 g/mol. The van der Waals surface area contributed by atoms with Crippen LogP contribution in [0.15, 0.2) is 0 Å². The summed E-state index contributed by atoms with van der Waals surface area (Å²) < 4.78 is 15.4. The van der Waals surface area contributed by atoms with Crippen LogP contribution in [0.25, 0.3) is 0 Å². The van der Waals surface area contributed by atoms with E-state index in [1.54, 1.807) is 0 Å². The molecule has 0 aromatic carbocycles. The molecule has 0 aromatic heterocycles. The highest BCUT2D eigenvalue weighted by atomic mass is 16.7. The Morgan fingerprint density at radius 2 is 1.83 bits per heavy atom. The number of hydrogen-bond donors (Lipinski definition) is 1. The molecule has 1 aliphatic carbocycles. The highest BCUT2D eigenvalue weighted by Crippen LogP contribution is 2.48. The van der Waals surface area contributed by atoms with Gasteiger partial charge in [0, 0.05) is 34.0 Å². The van der Waals surface area contributed by atoms with Gasteiger partial charge in [-0.3, -0.25) is 9.59 Å². The summed E-state index contributed by atoms with van der Waals surface area (Å²) in [5.74, 6) is -2.14. The molecule has 1 N–H and O–H groups in total. The normalized spacial score (nSPS) is 25.9. The van der Waals surface area contributed by atoms with Gasteiger partial charge in [-0.2, -0.15) is 0 Å². The van der Waals surface area contributed by atoms with Crippen LogP contribution in [0.2, 0.25) is 0 Å². The van der Waals surface area contributed by atoms with Crippen LogP contribution in [0, 0.1) is 5.41 Å². The summed E-state index contributed by atoms with van der Waals surface area (Å²) in [6.07, 6.45) is 1.51. The van der Waals surface area contributed by atoms with Gasteiger partial charge in [0.1, 0.15) is 0 Å². The summed E-state index contributed by atoms with van der Waals surface area (Å²) in [7, 11) is 3.01. The molecule has 1 rings (SSSR count). The molecule has 1 unspecified atom stereocenters. The Morgan fingerprint density at radius 1 is 1.22 bits per heavy atom. The van der Waals surface area contributed by atoms with Gasteiger partial charge in [-0.15, -0.1) is 0 Å². The predicted molar refractivity (Wildman–Crippen MR) is 61.9 cm³/mol. The van der Waals surface area contributed by atoms with Gasteiger partial charge in [-0.05, 0) is 12.8 Å². The second-order valence-corrected chi connectivity index (χ2v) is 4.67. The number of carboxylic acid groups (broad SMARTS) is 1. The van der Waals surface area contributed by atoms with Crippen LogP contribution < -0.4 is 0 Å². The average Bonchev–Trinajstić information content (AvgIpc) is 2.70. The van der Waals surface area contributed by atoms with Gasteiger partial charge in [0.15, 0.2) is 5.79 Å². The van der Waals surface area contributed by atoms with E-state index in [9.17, 15) is 14.7 Å². The second-order valence-electron chi connectivity index (χ2n) is 4.67. The number of hydrogen-bond acceptors (Lipinski definition) is 5. The Bertz CT molecular complexity index is 323. The van der Waals surface area contributed by atoms with Crippen LogP contribution >= 0.6 is 0 Å². The molecule has 0 aromatic rings. The van der Waals surface area contributed by atoms with Gasteiger partial charge in [0.2, 0.25) is 0 Å². The minimum atomic E-state index is -0.943. The first kappa shape index (κ1) is 14.9. The van der Waals surface area contributed by atoms with E-state index in [-0.39, 0.29) is 19.4 Å². The van der Waals surface area contributed by atoms with E-state index in [0.29, 0.717) is 12.8 Å². The zero-order chi connectivity index (χ0) is 13.8. The quantitative estimate of drug-likeness (QED) is 0.570. The average molecular weight is 260 g/mol. The summed E-state index contributed by atoms with van der Waals surface area (Å²) in [5.41, 5.74) is -0.943. The van der Waals surface area contributed by atoms with Crippen LogP contribution in [0.1, 0.15) is 32.6 Å². The Kier molecular flexibility index (Phi) is 4.70. The number of methoxy groups -OCH3 is 2. The molecule has 104 valence electrons. The number of carbonyl (C=O) groups excluding carboxylic acids is 1. The third-order valence-electron chi connectivity index (χ3n) is 3.68. The number of carboxylic acids is 1. The Morgan fingerprint density at radius 3 is 2.22 bits per heavy atom. The second kappa shape index (κ2) is 5.67. The van der Waals surface area contributed by atoms with Crippen molar-refractivity contribution in [2.45, 2.75) is 38.4 Å². The maximum Gasteiger partial charge on any atom is 0.309 e. The molecule has 1 saturated carbocycles. The molecule has 1 fully saturated rings. The van der Waals surface area contributed by atoms with Crippen molar-refractivity contribution < 1.29 is 28.9 Å². The van der Waals surface area contributed by atoms with E-state index in [2.05, 4.69) is 0 Å². The first-order valence-electron chi connectivity index (χ1n) is 5.87. The fraction of sp³-hybridized carbons (Fsp3) is 0.833. The monoisotopic (exact) mass is 260 g/mol. The molecule has 0 saturated heterocycles. The van der Waals surface area contributed by atoms with E-state index < -0.39 is 23.1 Å². The molecular formula is C12H20O6. The zero-order valence-corrected chi connectivity index (χ0v) is 11.0. The third kappa shape index (κ3) is 3.00. The van der Waals surface area contributed by atoms with Gasteiger partial charge < -0.3 is 19.3 Å². The number of ether oxygens (including phenoxy) is 3. The van der Waals surface area contributed by atoms with E-state index in [1.165, 1.54) is 21.1 Å². The van der Waals surface area contributed by atoms with Crippen LogP contribution in [0.5, 0.6) is 0 Å². The van der Waals surface area contributed by atoms with Crippen molar-refractivity contribution in [1.29, 1.82) is 0 Å². The van der Waals surface area contributed by atoms with E-state index in [4.69, 9.17) is 14.2 Å². The summed E-state index contributed by atoms with van der Waals surface area (Å²) in [4.78, 5) is 22.2. The lowest BCUT2D eigenvalue weighted by molar-refractivity contribution is -0.208. The first-order chi connectivity index (χ1) is 8.40. The van der Waals surface area contributed by atoms with E-state index >= 15 is 0 Å². The maximum absolute atomic E-state index is 11.5. The first-order valence-corrected chi connectivity index (χ1v) is 5.87. The van der Waals surface area contributed by atoms with Crippen LogP contribution in [-0.2, 0) is 23.8 Å². The summed E-state index contributed by atoms with van der Waals surface area (Å²) in [6.45, 7) is 1.40. The molecule has 18 heavy (non-hydrogen) atoms. The highest BCUT2D eigenvalue weighted by molar-refractivity contribution is 5.75. The molecule has 0 amide bonds. The van der Waals surface area contributed by atoms with Gasteiger partial charge in [0.05, 0.1) is 12.0 Å². The number of aliphatic carboxylic acids is 1. The Hall–Kier alpha value is -1.14. The summed E-state index contributed by atoms with van der Waals surface area (Å²) in [5, 5.41) is 9.40. The van der Waals surface area contributed by atoms with Gasteiger partial charge in [-0.25, -0.2) is 0 Å². The smallest absolute Gasteiger partial charge is 0.309 e. The molecule has 0 aliphatic heterocycles. The minimum absolute atomic E-state index is 0.102. The van der Waals surface area contributed by atoms with E-state index in [0.717, 1.165) is 0 Å². The number of esters is 1. The van der Waals surface area contributed by atoms with Crippen molar-refractivity contribution >= 4 is 11.9 Å². The van der Waals surface area contributed by atoms with Crippen molar-refractivity contribution in [3.05, 3.63) is 0 Å². The lowest BCUT2D eigenvalue weighted by atomic mass is 9.82. The lowest BCUT2D eigenvalue weighted by Gasteiger charge is -2.29. The maximum atomic E-state index is 11.5. The standard InChI is InChI=1S/C12H20O6/c1-9(13)18-7-6-11(10(14)15)4-5-12(8-11,16-2)17-3/h4-8H2,1-3H3,(H,14,15). The molecule has 6 heteroatoms.